The van der Waals surface area contributed by atoms with Crippen LogP contribution in [0.15, 0.2) is 53.4 Å². The van der Waals surface area contributed by atoms with Gasteiger partial charge in [-0.3, -0.25) is 0 Å². The van der Waals surface area contributed by atoms with E-state index in [4.69, 9.17) is 21.1 Å². The predicted molar refractivity (Wildman–Crippen MR) is 120 cm³/mol. The number of ether oxygens (including phenoxy) is 2. The summed E-state index contributed by atoms with van der Waals surface area (Å²) in [6, 6.07) is 14.3. The summed E-state index contributed by atoms with van der Waals surface area (Å²) in [7, 11) is -2.14. The molecule has 2 aromatic rings. The highest BCUT2D eigenvalue weighted by Gasteiger charge is 2.35. The predicted octanol–water partition coefficient (Wildman–Crippen LogP) is 3.19. The van der Waals surface area contributed by atoms with Gasteiger partial charge in [-0.05, 0) is 36.8 Å². The summed E-state index contributed by atoms with van der Waals surface area (Å²) in [5, 5.41) is 0.229. The van der Waals surface area contributed by atoms with Crippen LogP contribution in [0.5, 0.6) is 0 Å². The normalized spacial score (nSPS) is 17.7. The third-order valence-corrected chi connectivity index (χ3v) is 7.62. The van der Waals surface area contributed by atoms with E-state index in [-0.39, 0.29) is 15.9 Å². The lowest BCUT2D eigenvalue weighted by Gasteiger charge is -2.37. The molecule has 0 radical (unpaired) electrons. The van der Waals surface area contributed by atoms with Crippen molar-refractivity contribution in [3.05, 3.63) is 59.1 Å². The van der Waals surface area contributed by atoms with Gasteiger partial charge in [-0.2, -0.15) is 0 Å². The summed E-state index contributed by atoms with van der Waals surface area (Å²) in [6.45, 7) is 3.90. The molecule has 1 aliphatic heterocycles. The Balaban J connectivity index is 1.66. The van der Waals surface area contributed by atoms with E-state index in [0.717, 1.165) is 11.3 Å². The Kier molecular flexibility index (Phi) is 8.07. The van der Waals surface area contributed by atoms with Gasteiger partial charge in [-0.15, -0.1) is 4.31 Å². The van der Waals surface area contributed by atoms with E-state index < -0.39 is 16.5 Å². The minimum Gasteiger partial charge on any atom is -0.593 e. The number of benzene rings is 2. The fraction of sp³-hybridized carbons (Fsp3) is 0.409. The summed E-state index contributed by atoms with van der Waals surface area (Å²) < 4.78 is 37.7. The first-order valence-electron chi connectivity index (χ1n) is 10.1. The molecule has 9 heteroatoms. The molecule has 3 rings (SSSR count). The van der Waals surface area contributed by atoms with Crippen LogP contribution >= 0.6 is 11.6 Å². The van der Waals surface area contributed by atoms with Crippen molar-refractivity contribution < 1.29 is 23.0 Å². The average Bonchev–Trinajstić information content (AvgIpc) is 2.78. The number of methoxy groups -OCH3 is 1. The highest BCUT2D eigenvalue weighted by molar-refractivity contribution is 7.95. The summed E-state index contributed by atoms with van der Waals surface area (Å²) in [5.41, 5.74) is 1.93. The van der Waals surface area contributed by atoms with Crippen molar-refractivity contribution in [1.29, 1.82) is 0 Å². The lowest BCUT2D eigenvalue weighted by atomic mass is 10.1. The van der Waals surface area contributed by atoms with Gasteiger partial charge < -0.3 is 18.9 Å². The van der Waals surface area contributed by atoms with Crippen LogP contribution in [0.25, 0.3) is 0 Å². The molecule has 1 heterocycles. The summed E-state index contributed by atoms with van der Waals surface area (Å²) in [4.78, 5) is 14.3. The van der Waals surface area contributed by atoms with Crippen LogP contribution in [0.1, 0.15) is 12.5 Å². The lowest BCUT2D eigenvalue weighted by Crippen LogP contribution is -2.50. The first-order valence-corrected chi connectivity index (χ1v) is 12.0. The Morgan fingerprint density at radius 1 is 1.16 bits per heavy atom. The highest BCUT2D eigenvalue weighted by Crippen LogP contribution is 2.30. The van der Waals surface area contributed by atoms with Gasteiger partial charge in [0.25, 0.3) is 0 Å². The number of halogens is 1. The van der Waals surface area contributed by atoms with Gasteiger partial charge in [0.2, 0.25) is 0 Å². The van der Waals surface area contributed by atoms with Crippen LogP contribution in [0, 0.1) is 0 Å². The minimum absolute atomic E-state index is 0.136. The first kappa shape index (κ1) is 23.7. The van der Waals surface area contributed by atoms with Crippen LogP contribution in [0.4, 0.5) is 5.69 Å². The van der Waals surface area contributed by atoms with Gasteiger partial charge in [0.15, 0.2) is 21.4 Å². The molecule has 1 fully saturated rings. The topological polar surface area (TPSA) is 82.1 Å². The van der Waals surface area contributed by atoms with E-state index >= 15 is 0 Å². The van der Waals surface area contributed by atoms with Crippen molar-refractivity contribution in [1.82, 2.24) is 4.31 Å². The number of anilines is 1. The number of hydrogen-bond donors (Lipinski definition) is 0. The maximum absolute atomic E-state index is 12.9. The van der Waals surface area contributed by atoms with Crippen LogP contribution < -0.4 is 4.90 Å². The summed E-state index contributed by atoms with van der Waals surface area (Å²) in [6.07, 6.45) is -0.253. The molecule has 2 aromatic carbocycles. The van der Waals surface area contributed by atoms with Crippen molar-refractivity contribution in [2.45, 2.75) is 24.3 Å². The number of sulfonamides is 1. The van der Waals surface area contributed by atoms with Crippen LogP contribution in [0.3, 0.4) is 0 Å². The zero-order valence-electron chi connectivity index (χ0n) is 17.7. The zero-order chi connectivity index (χ0) is 22.4. The van der Waals surface area contributed by atoms with Gasteiger partial charge in [0, 0.05) is 32.3 Å². The molecular formula is C22H27ClN2O5S. The maximum atomic E-state index is 12.9. The average molecular weight is 467 g/mol. The Labute approximate surface area is 189 Å². The van der Waals surface area contributed by atoms with Gasteiger partial charge in [-0.25, -0.2) is 4.79 Å². The first-order chi connectivity index (χ1) is 14.9. The number of hydrogen-bond acceptors (Lipinski definition) is 6. The van der Waals surface area contributed by atoms with Crippen LogP contribution in [-0.2, 0) is 35.3 Å². The van der Waals surface area contributed by atoms with Gasteiger partial charge in [0.1, 0.15) is 0 Å². The molecule has 7 nitrogen and oxygen atoms in total. The zero-order valence-corrected chi connectivity index (χ0v) is 19.2. The quantitative estimate of drug-likeness (QED) is 0.439. The number of carbonyl (C=O) groups is 1. The monoisotopic (exact) mass is 466 g/mol. The van der Waals surface area contributed by atoms with E-state index in [1.165, 1.54) is 17.5 Å². The molecule has 1 aliphatic rings. The number of esters is 1. The van der Waals surface area contributed by atoms with Crippen molar-refractivity contribution in [2.24, 2.45) is 0 Å². The molecule has 0 amide bonds. The molecule has 0 spiro atoms. The Hall–Kier alpha value is -1.97. The van der Waals surface area contributed by atoms with E-state index in [1.54, 1.807) is 25.1 Å². The van der Waals surface area contributed by atoms with Crippen LogP contribution in [-0.4, -0.2) is 60.8 Å². The fourth-order valence-electron chi connectivity index (χ4n) is 3.57. The molecule has 0 bridgehead atoms. The molecule has 2 atom stereocenters. The van der Waals surface area contributed by atoms with E-state index in [0.29, 0.717) is 39.2 Å². The molecule has 2 unspecified atom stereocenters. The molecule has 0 aliphatic carbocycles. The summed E-state index contributed by atoms with van der Waals surface area (Å²) in [5.74, 6) is -0.381. The van der Waals surface area contributed by atoms with Gasteiger partial charge in [0.05, 0.1) is 24.7 Å². The van der Waals surface area contributed by atoms with Crippen LogP contribution in [0.2, 0.25) is 5.02 Å². The van der Waals surface area contributed by atoms with Crippen molar-refractivity contribution >= 4 is 33.7 Å². The third kappa shape index (κ3) is 5.64. The number of nitrogens with zero attached hydrogens (tertiary/aromatic N) is 2. The number of rotatable bonds is 8. The smallest absolute Gasteiger partial charge is 0.335 e. The van der Waals surface area contributed by atoms with E-state index in [1.807, 2.05) is 24.3 Å². The fourth-order valence-corrected chi connectivity index (χ4v) is 5.49. The standard InChI is InChI=1S/C22H27ClN2O5S/c1-3-30-22(26)20(29-2)16-17-7-6-8-18(15-17)24-11-13-25(14-12-24)31(27,28)21-10-5-4-9-19(21)23/h4-10,15,20H,3,11-14,16H2,1-2H3. The molecule has 0 aromatic heterocycles. The summed E-state index contributed by atoms with van der Waals surface area (Å²) >= 11 is 6.11. The second kappa shape index (κ2) is 10.6. The third-order valence-electron chi connectivity index (χ3n) is 5.22. The van der Waals surface area contributed by atoms with Crippen molar-refractivity contribution in [3.8, 4) is 0 Å². The molecule has 1 saturated heterocycles. The molecule has 0 saturated carbocycles. The lowest BCUT2D eigenvalue weighted by molar-refractivity contribution is -0.154. The van der Waals surface area contributed by atoms with E-state index in [9.17, 15) is 13.6 Å². The Morgan fingerprint density at radius 2 is 1.87 bits per heavy atom. The minimum atomic E-state index is -3.63. The molecule has 31 heavy (non-hydrogen) atoms. The number of piperazine rings is 1. The number of carbonyl (C=O) groups excluding carboxylic acids is 1. The Morgan fingerprint density at radius 3 is 2.52 bits per heavy atom. The molecular weight excluding hydrogens is 440 g/mol. The van der Waals surface area contributed by atoms with Gasteiger partial charge >= 0.3 is 5.97 Å². The largest absolute Gasteiger partial charge is 0.593 e. The second-order valence-electron chi connectivity index (χ2n) is 7.17. The second-order valence-corrected chi connectivity index (χ2v) is 9.49. The highest BCUT2D eigenvalue weighted by atomic mass is 35.5. The SMILES string of the molecule is CCOC(=O)C(Cc1cccc(N2CCN([S+](=O)([O-])c3ccccc3Cl)CC2)c1)OC. The van der Waals surface area contributed by atoms with Gasteiger partial charge in [-0.1, -0.05) is 40.1 Å². The van der Waals surface area contributed by atoms with Crippen molar-refractivity contribution in [2.75, 3.05) is 44.8 Å². The van der Waals surface area contributed by atoms with Crippen molar-refractivity contribution in [3.63, 3.8) is 0 Å². The van der Waals surface area contributed by atoms with E-state index in [2.05, 4.69) is 4.90 Å². The Bertz CT molecular complexity index is 949. The maximum Gasteiger partial charge on any atom is 0.335 e. The molecule has 0 N–H and O–H groups in total. The molecule has 168 valence electrons.